The molecule has 0 saturated carbocycles. The summed E-state index contributed by atoms with van der Waals surface area (Å²) in [5.74, 6) is 0.000386. The van der Waals surface area contributed by atoms with E-state index in [9.17, 15) is 0 Å². The van der Waals surface area contributed by atoms with Gasteiger partial charge >= 0.3 is 0 Å². The lowest BCUT2D eigenvalue weighted by Crippen LogP contribution is -2.37. The third-order valence-electron chi connectivity index (χ3n) is 5.96. The summed E-state index contributed by atoms with van der Waals surface area (Å²) < 4.78 is 0. The van der Waals surface area contributed by atoms with E-state index in [0.29, 0.717) is 16.7 Å². The molecule has 1 aliphatic carbocycles. The Bertz CT molecular complexity index is 1300. The number of hydrogen-bond acceptors (Lipinski definition) is 4. The lowest BCUT2D eigenvalue weighted by Gasteiger charge is -2.24. The Morgan fingerprint density at radius 1 is 1.12 bits per heavy atom. The van der Waals surface area contributed by atoms with Crippen LogP contribution in [0.1, 0.15) is 11.1 Å². The molecule has 2 aromatic carbocycles. The van der Waals surface area contributed by atoms with Crippen molar-refractivity contribution in [3.8, 4) is 0 Å². The fraction of sp³-hybridized carbons (Fsp3) is 0.107. The molecule has 2 atom stereocenters. The molecule has 4 nitrogen and oxygen atoms in total. The molecule has 0 bridgehead atoms. The highest BCUT2D eigenvalue weighted by molar-refractivity contribution is 8.18. The molecular weight excluding hydrogens is 456 g/mol. The lowest BCUT2D eigenvalue weighted by molar-refractivity contribution is 0.352. The third kappa shape index (κ3) is 4.49. The molecule has 6 heteroatoms. The first kappa shape index (κ1) is 22.4. The van der Waals surface area contributed by atoms with E-state index < -0.39 is 0 Å². The van der Waals surface area contributed by atoms with Crippen molar-refractivity contribution in [2.75, 3.05) is 0 Å². The second-order valence-electron chi connectivity index (χ2n) is 8.15. The van der Waals surface area contributed by atoms with Crippen LogP contribution in [-0.4, -0.2) is 21.2 Å². The SMILES string of the molecule is C=C(/C(=C1/C=C(C2NNC(=S)N2Cc2ccccc2)SC1=N)C1C=C=CC=C1)c1ccccc1. The molecule has 1 saturated heterocycles. The van der Waals surface area contributed by atoms with Crippen LogP contribution >= 0.6 is 24.0 Å². The highest BCUT2D eigenvalue weighted by Gasteiger charge is 2.35. The van der Waals surface area contributed by atoms with Crippen molar-refractivity contribution in [1.29, 1.82) is 5.41 Å². The van der Waals surface area contributed by atoms with Gasteiger partial charge in [-0.05, 0) is 52.7 Å². The van der Waals surface area contributed by atoms with E-state index in [1.54, 1.807) is 0 Å². The van der Waals surface area contributed by atoms with E-state index in [2.05, 4.69) is 64.5 Å². The molecule has 2 heterocycles. The molecule has 0 aromatic heterocycles. The zero-order valence-corrected chi connectivity index (χ0v) is 20.1. The fourth-order valence-electron chi connectivity index (χ4n) is 4.27. The summed E-state index contributed by atoms with van der Waals surface area (Å²) in [4.78, 5) is 3.15. The normalized spacial score (nSPS) is 22.7. The first-order valence-electron chi connectivity index (χ1n) is 11.0. The summed E-state index contributed by atoms with van der Waals surface area (Å²) in [5.41, 5.74) is 14.7. The van der Waals surface area contributed by atoms with Gasteiger partial charge in [0.2, 0.25) is 0 Å². The molecule has 3 N–H and O–H groups in total. The Morgan fingerprint density at radius 2 is 1.85 bits per heavy atom. The Kier molecular flexibility index (Phi) is 6.48. The first-order chi connectivity index (χ1) is 16.6. The smallest absolute Gasteiger partial charge is 0.185 e. The summed E-state index contributed by atoms with van der Waals surface area (Å²) >= 11 is 7.05. The van der Waals surface area contributed by atoms with Crippen molar-refractivity contribution in [3.05, 3.63) is 131 Å². The van der Waals surface area contributed by atoms with Gasteiger partial charge in [0.25, 0.3) is 0 Å². The van der Waals surface area contributed by atoms with Crippen LogP contribution in [0, 0.1) is 11.3 Å². The number of allylic oxidation sites excluding steroid dienone is 6. The van der Waals surface area contributed by atoms with Gasteiger partial charge in [-0.15, -0.1) is 5.73 Å². The average molecular weight is 481 g/mol. The molecule has 168 valence electrons. The van der Waals surface area contributed by atoms with Gasteiger partial charge in [0, 0.05) is 22.9 Å². The number of nitrogens with one attached hydrogen (secondary N) is 3. The van der Waals surface area contributed by atoms with Gasteiger partial charge in [0.1, 0.15) is 6.17 Å². The van der Waals surface area contributed by atoms with Crippen molar-refractivity contribution in [2.24, 2.45) is 5.92 Å². The van der Waals surface area contributed by atoms with E-state index in [0.717, 1.165) is 27.2 Å². The monoisotopic (exact) mass is 480 g/mol. The van der Waals surface area contributed by atoms with Crippen LogP contribution in [0.4, 0.5) is 0 Å². The van der Waals surface area contributed by atoms with Crippen LogP contribution < -0.4 is 10.9 Å². The van der Waals surface area contributed by atoms with Gasteiger partial charge in [0.15, 0.2) is 5.11 Å². The van der Waals surface area contributed by atoms with Gasteiger partial charge < -0.3 is 4.90 Å². The highest BCUT2D eigenvalue weighted by atomic mass is 32.2. The van der Waals surface area contributed by atoms with Crippen LogP contribution in [-0.2, 0) is 6.54 Å². The molecule has 5 rings (SSSR count). The molecule has 0 spiro atoms. The van der Waals surface area contributed by atoms with E-state index in [1.807, 2.05) is 54.6 Å². The van der Waals surface area contributed by atoms with Gasteiger partial charge in [0.05, 0.1) is 5.04 Å². The van der Waals surface area contributed by atoms with Crippen LogP contribution in [0.25, 0.3) is 5.57 Å². The standard InChI is InChI=1S/C28H24N4S2/c1-19(21-13-7-3-8-14-21)25(22-15-9-4-10-16-22)23-17-24(34-26(23)29)27-30-31-28(33)32(27)18-20-11-5-2-6-12-20/h2-9,11-17,22,27,29-30H,1,18H2,(H,31,33)/b25-23+,29-26?. The number of hydrazine groups is 1. The molecule has 0 radical (unpaired) electrons. The zero-order valence-electron chi connectivity index (χ0n) is 18.5. The van der Waals surface area contributed by atoms with Crippen molar-refractivity contribution in [2.45, 2.75) is 12.7 Å². The van der Waals surface area contributed by atoms with E-state index in [1.165, 1.54) is 17.3 Å². The van der Waals surface area contributed by atoms with Crippen LogP contribution in [0.2, 0.25) is 0 Å². The predicted octanol–water partition coefficient (Wildman–Crippen LogP) is 5.72. The van der Waals surface area contributed by atoms with E-state index in [-0.39, 0.29) is 12.1 Å². The third-order valence-corrected chi connectivity index (χ3v) is 7.30. The van der Waals surface area contributed by atoms with E-state index in [4.69, 9.17) is 17.6 Å². The second kappa shape index (κ2) is 9.84. The zero-order chi connectivity index (χ0) is 23.5. The van der Waals surface area contributed by atoms with Gasteiger partial charge in [-0.25, -0.2) is 5.43 Å². The molecule has 2 aliphatic heterocycles. The maximum Gasteiger partial charge on any atom is 0.185 e. The lowest BCUT2D eigenvalue weighted by atomic mass is 9.84. The van der Waals surface area contributed by atoms with Crippen LogP contribution in [0.15, 0.2) is 119 Å². The summed E-state index contributed by atoms with van der Waals surface area (Å²) in [6.07, 6.45) is 10.0. The molecule has 1 fully saturated rings. The van der Waals surface area contributed by atoms with Crippen LogP contribution in [0.3, 0.4) is 0 Å². The maximum absolute atomic E-state index is 8.89. The van der Waals surface area contributed by atoms with Crippen LogP contribution in [0.5, 0.6) is 0 Å². The molecule has 34 heavy (non-hydrogen) atoms. The molecule has 0 amide bonds. The predicted molar refractivity (Wildman–Crippen MR) is 146 cm³/mol. The fourth-order valence-corrected chi connectivity index (χ4v) is 5.49. The number of thioether (sulfide) groups is 1. The Morgan fingerprint density at radius 3 is 2.56 bits per heavy atom. The van der Waals surface area contributed by atoms with Gasteiger partial charge in [-0.1, -0.05) is 91.2 Å². The second-order valence-corrected chi connectivity index (χ2v) is 9.62. The average Bonchev–Trinajstić information content (AvgIpc) is 3.43. The van der Waals surface area contributed by atoms with Crippen molar-refractivity contribution in [3.63, 3.8) is 0 Å². The minimum Gasteiger partial charge on any atom is -0.322 e. The quantitative estimate of drug-likeness (QED) is 0.365. The van der Waals surface area contributed by atoms with Gasteiger partial charge in [-0.3, -0.25) is 10.8 Å². The van der Waals surface area contributed by atoms with E-state index >= 15 is 0 Å². The summed E-state index contributed by atoms with van der Waals surface area (Å²) in [7, 11) is 0. The minimum absolute atomic E-state index is 0.000386. The molecule has 3 aliphatic rings. The topological polar surface area (TPSA) is 51.1 Å². The largest absolute Gasteiger partial charge is 0.322 e. The number of benzene rings is 2. The van der Waals surface area contributed by atoms with Crippen molar-refractivity contribution in [1.82, 2.24) is 15.8 Å². The van der Waals surface area contributed by atoms with Gasteiger partial charge in [-0.2, -0.15) is 0 Å². The minimum atomic E-state index is -0.154. The molecule has 2 unspecified atom stereocenters. The number of thiocarbonyl (C=S) groups is 1. The molecular formula is C28H24N4S2. The first-order valence-corrected chi connectivity index (χ1v) is 12.3. The molecule has 2 aromatic rings. The Hall–Kier alpha value is -3.41. The van der Waals surface area contributed by atoms with Crippen molar-refractivity contribution >= 4 is 39.7 Å². The number of hydrogen-bond donors (Lipinski definition) is 3. The highest BCUT2D eigenvalue weighted by Crippen LogP contribution is 2.42. The Labute approximate surface area is 209 Å². The number of rotatable bonds is 6. The summed E-state index contributed by atoms with van der Waals surface area (Å²) in [6.45, 7) is 5.12. The summed E-state index contributed by atoms with van der Waals surface area (Å²) in [6, 6.07) is 20.4. The Balaban J connectivity index is 1.53. The van der Waals surface area contributed by atoms with Crippen molar-refractivity contribution < 1.29 is 0 Å². The maximum atomic E-state index is 8.89. The number of nitrogens with zero attached hydrogens (tertiary/aromatic N) is 1. The summed E-state index contributed by atoms with van der Waals surface area (Å²) in [5, 5.41) is 10.0.